The van der Waals surface area contributed by atoms with Gasteiger partial charge in [0.15, 0.2) is 0 Å². The average Bonchev–Trinajstić information content (AvgIpc) is 2.33. The van der Waals surface area contributed by atoms with Crippen molar-refractivity contribution in [3.63, 3.8) is 0 Å². The highest BCUT2D eigenvalue weighted by molar-refractivity contribution is 5.76. The van der Waals surface area contributed by atoms with Crippen molar-refractivity contribution in [2.45, 2.75) is 39.7 Å². The summed E-state index contributed by atoms with van der Waals surface area (Å²) in [5.41, 5.74) is 0. The minimum Gasteiger partial charge on any atom is -0.481 e. The second-order valence-electron chi connectivity index (χ2n) is 4.22. The molecule has 0 radical (unpaired) electrons. The molecule has 0 aromatic carbocycles. The number of amides is 2. The zero-order valence-corrected chi connectivity index (χ0v) is 11.1. The summed E-state index contributed by atoms with van der Waals surface area (Å²) in [6.07, 6.45) is 0.469. The van der Waals surface area contributed by atoms with Crippen molar-refractivity contribution in [2.24, 2.45) is 5.92 Å². The summed E-state index contributed by atoms with van der Waals surface area (Å²) in [4.78, 5) is 24.0. The van der Waals surface area contributed by atoms with Crippen molar-refractivity contribution in [1.82, 2.24) is 10.2 Å². The Balaban J connectivity index is 4.41. The SMILES string of the molecule is CCC(CC(=O)O)NC(=O)N(CC)CC(C)C#N. The minimum atomic E-state index is -0.935. The van der Waals surface area contributed by atoms with Gasteiger partial charge in [0.2, 0.25) is 0 Å². The molecule has 6 heteroatoms. The molecule has 0 aromatic rings. The van der Waals surface area contributed by atoms with Crippen LogP contribution in [0.5, 0.6) is 0 Å². The van der Waals surface area contributed by atoms with Crippen LogP contribution in [-0.2, 0) is 4.79 Å². The van der Waals surface area contributed by atoms with E-state index in [-0.39, 0.29) is 24.4 Å². The summed E-state index contributed by atoms with van der Waals surface area (Å²) < 4.78 is 0. The number of hydrogen-bond acceptors (Lipinski definition) is 3. The van der Waals surface area contributed by atoms with Gasteiger partial charge in [-0.05, 0) is 20.3 Å². The summed E-state index contributed by atoms with van der Waals surface area (Å²) in [6.45, 7) is 6.22. The van der Waals surface area contributed by atoms with E-state index in [9.17, 15) is 9.59 Å². The highest BCUT2D eigenvalue weighted by Gasteiger charge is 2.19. The summed E-state index contributed by atoms with van der Waals surface area (Å²) in [5.74, 6) is -1.18. The number of nitrogens with zero attached hydrogens (tertiary/aromatic N) is 2. The predicted octanol–water partition coefficient (Wildman–Crippen LogP) is 1.43. The number of carboxylic acids is 1. The molecular formula is C12H21N3O3. The zero-order valence-electron chi connectivity index (χ0n) is 11.1. The topological polar surface area (TPSA) is 93.4 Å². The van der Waals surface area contributed by atoms with Gasteiger partial charge < -0.3 is 15.3 Å². The van der Waals surface area contributed by atoms with Gasteiger partial charge in [-0.15, -0.1) is 0 Å². The van der Waals surface area contributed by atoms with E-state index in [1.54, 1.807) is 6.92 Å². The fraction of sp³-hybridized carbons (Fsp3) is 0.750. The number of rotatable bonds is 7. The first-order chi connectivity index (χ1) is 8.44. The Morgan fingerprint density at radius 1 is 1.44 bits per heavy atom. The van der Waals surface area contributed by atoms with E-state index >= 15 is 0 Å². The van der Waals surface area contributed by atoms with Gasteiger partial charge >= 0.3 is 12.0 Å². The molecule has 0 saturated carbocycles. The third-order valence-corrected chi connectivity index (χ3v) is 2.62. The Bertz CT molecular complexity index is 325. The highest BCUT2D eigenvalue weighted by atomic mass is 16.4. The van der Waals surface area contributed by atoms with Crippen molar-refractivity contribution in [2.75, 3.05) is 13.1 Å². The van der Waals surface area contributed by atoms with Gasteiger partial charge in [0, 0.05) is 19.1 Å². The molecule has 0 rings (SSSR count). The zero-order chi connectivity index (χ0) is 14.1. The fourth-order valence-corrected chi connectivity index (χ4v) is 1.50. The molecule has 2 atom stereocenters. The maximum Gasteiger partial charge on any atom is 0.317 e. The second kappa shape index (κ2) is 8.34. The Morgan fingerprint density at radius 2 is 2.06 bits per heavy atom. The van der Waals surface area contributed by atoms with E-state index in [4.69, 9.17) is 10.4 Å². The maximum absolute atomic E-state index is 11.9. The van der Waals surface area contributed by atoms with Gasteiger partial charge in [-0.25, -0.2) is 4.79 Å². The molecule has 0 saturated heterocycles. The lowest BCUT2D eigenvalue weighted by Crippen LogP contribution is -2.46. The molecule has 2 unspecified atom stereocenters. The number of aliphatic carboxylic acids is 1. The lowest BCUT2D eigenvalue weighted by molar-refractivity contribution is -0.137. The first-order valence-corrected chi connectivity index (χ1v) is 6.11. The highest BCUT2D eigenvalue weighted by Crippen LogP contribution is 2.02. The molecule has 18 heavy (non-hydrogen) atoms. The van der Waals surface area contributed by atoms with Gasteiger partial charge in [-0.3, -0.25) is 4.79 Å². The van der Waals surface area contributed by atoms with Crippen molar-refractivity contribution >= 4 is 12.0 Å². The first-order valence-electron chi connectivity index (χ1n) is 6.11. The van der Waals surface area contributed by atoms with Crippen molar-refractivity contribution in [3.8, 4) is 6.07 Å². The molecule has 0 heterocycles. The van der Waals surface area contributed by atoms with Gasteiger partial charge in [-0.2, -0.15) is 5.26 Å². The lowest BCUT2D eigenvalue weighted by atomic mass is 10.1. The van der Waals surface area contributed by atoms with Crippen LogP contribution in [0.1, 0.15) is 33.6 Å². The molecule has 0 aromatic heterocycles. The van der Waals surface area contributed by atoms with Crippen LogP contribution in [-0.4, -0.2) is 41.1 Å². The van der Waals surface area contributed by atoms with E-state index in [0.29, 0.717) is 19.5 Å². The van der Waals surface area contributed by atoms with Gasteiger partial charge in [-0.1, -0.05) is 6.92 Å². The average molecular weight is 255 g/mol. The van der Waals surface area contributed by atoms with Crippen LogP contribution in [0.25, 0.3) is 0 Å². The Kier molecular flexibility index (Phi) is 7.52. The summed E-state index contributed by atoms with van der Waals surface area (Å²) in [6, 6.07) is 1.38. The Morgan fingerprint density at radius 3 is 2.44 bits per heavy atom. The van der Waals surface area contributed by atoms with Crippen molar-refractivity contribution in [3.05, 3.63) is 0 Å². The number of nitrogens with one attached hydrogen (secondary N) is 1. The van der Waals surface area contributed by atoms with Crippen molar-refractivity contribution in [1.29, 1.82) is 5.26 Å². The van der Waals surface area contributed by atoms with E-state index in [1.165, 1.54) is 4.90 Å². The quantitative estimate of drug-likeness (QED) is 0.719. The van der Waals surface area contributed by atoms with Gasteiger partial charge in [0.25, 0.3) is 0 Å². The molecule has 2 amide bonds. The molecule has 102 valence electrons. The normalized spacial score (nSPS) is 13.2. The molecule has 0 spiro atoms. The number of urea groups is 1. The number of carboxylic acid groups (broad SMARTS) is 1. The number of nitriles is 1. The third-order valence-electron chi connectivity index (χ3n) is 2.62. The van der Waals surface area contributed by atoms with Crippen molar-refractivity contribution < 1.29 is 14.7 Å². The molecule has 0 aliphatic rings. The van der Waals surface area contributed by atoms with E-state index in [2.05, 4.69) is 11.4 Å². The summed E-state index contributed by atoms with van der Waals surface area (Å²) in [5, 5.41) is 20.1. The second-order valence-corrected chi connectivity index (χ2v) is 4.22. The van der Waals surface area contributed by atoms with Crippen LogP contribution in [0.3, 0.4) is 0 Å². The molecule has 0 bridgehead atoms. The van der Waals surface area contributed by atoms with E-state index in [0.717, 1.165) is 0 Å². The standard InChI is InChI=1S/C12H21N3O3/c1-4-10(6-11(16)17)14-12(18)15(5-2)8-9(3)7-13/h9-10H,4-6,8H2,1-3H3,(H,14,18)(H,16,17). The van der Waals surface area contributed by atoms with Crippen LogP contribution < -0.4 is 5.32 Å². The van der Waals surface area contributed by atoms with Crippen LogP contribution in [0.2, 0.25) is 0 Å². The van der Waals surface area contributed by atoms with Crippen LogP contribution in [0.4, 0.5) is 4.79 Å². The molecule has 0 aliphatic carbocycles. The number of carbonyl (C=O) groups excluding carboxylic acids is 1. The lowest BCUT2D eigenvalue weighted by Gasteiger charge is -2.25. The van der Waals surface area contributed by atoms with E-state index in [1.807, 2.05) is 13.8 Å². The number of hydrogen-bond donors (Lipinski definition) is 2. The smallest absolute Gasteiger partial charge is 0.317 e. The van der Waals surface area contributed by atoms with Crippen LogP contribution >= 0.6 is 0 Å². The third kappa shape index (κ3) is 6.09. The molecule has 0 fully saturated rings. The largest absolute Gasteiger partial charge is 0.481 e. The van der Waals surface area contributed by atoms with Gasteiger partial charge in [0.1, 0.15) is 0 Å². The fourth-order valence-electron chi connectivity index (χ4n) is 1.50. The number of carbonyl (C=O) groups is 2. The summed E-state index contributed by atoms with van der Waals surface area (Å²) >= 11 is 0. The first kappa shape index (κ1) is 16.2. The predicted molar refractivity (Wildman–Crippen MR) is 66.9 cm³/mol. The Labute approximate surface area is 108 Å². The molecule has 0 aliphatic heterocycles. The Hall–Kier alpha value is -1.77. The molecule has 2 N–H and O–H groups in total. The maximum atomic E-state index is 11.9. The van der Waals surface area contributed by atoms with Gasteiger partial charge in [0.05, 0.1) is 18.4 Å². The summed E-state index contributed by atoms with van der Waals surface area (Å²) in [7, 11) is 0. The monoisotopic (exact) mass is 255 g/mol. The van der Waals surface area contributed by atoms with E-state index < -0.39 is 5.97 Å². The molecule has 6 nitrogen and oxygen atoms in total. The van der Waals surface area contributed by atoms with Crippen LogP contribution in [0.15, 0.2) is 0 Å². The molecular weight excluding hydrogens is 234 g/mol. The minimum absolute atomic E-state index is 0.0897. The van der Waals surface area contributed by atoms with Crippen LogP contribution in [0, 0.1) is 17.2 Å².